The predicted molar refractivity (Wildman–Crippen MR) is 70.0 cm³/mol. The number of nitrogens with zero attached hydrogens (tertiary/aromatic N) is 1. The van der Waals surface area contributed by atoms with Gasteiger partial charge in [0.05, 0.1) is 5.01 Å². The van der Waals surface area contributed by atoms with Gasteiger partial charge in [-0.05, 0) is 12.8 Å². The van der Waals surface area contributed by atoms with Crippen LogP contribution in [0.2, 0.25) is 0 Å². The van der Waals surface area contributed by atoms with Crippen LogP contribution >= 0.6 is 11.3 Å². The van der Waals surface area contributed by atoms with Gasteiger partial charge in [0, 0.05) is 18.2 Å². The minimum Gasteiger partial charge on any atom is -0.460 e. The Bertz CT molecular complexity index is 483. The zero-order valence-corrected chi connectivity index (χ0v) is 12.0. The molecule has 5 nitrogen and oxygen atoms in total. The third-order valence-corrected chi connectivity index (χ3v) is 3.59. The quantitative estimate of drug-likeness (QED) is 0.793. The molecule has 1 aliphatic heterocycles. The molecule has 104 valence electrons. The molecule has 0 aromatic carbocycles. The molecule has 2 unspecified atom stereocenters. The second kappa shape index (κ2) is 5.69. The fraction of sp³-hybridized carbons (Fsp3) is 0.615. The Balaban J connectivity index is 1.96. The molecule has 0 amide bonds. The highest BCUT2D eigenvalue weighted by Gasteiger charge is 2.35. The highest BCUT2D eigenvalue weighted by atomic mass is 32.1. The van der Waals surface area contributed by atoms with Gasteiger partial charge in [-0.1, -0.05) is 13.8 Å². The number of esters is 2. The van der Waals surface area contributed by atoms with Crippen molar-refractivity contribution in [2.45, 2.75) is 45.8 Å². The molecule has 2 rings (SSSR count). The van der Waals surface area contributed by atoms with Gasteiger partial charge < -0.3 is 9.47 Å². The Morgan fingerprint density at radius 3 is 2.95 bits per heavy atom. The number of hydrogen-bond donors (Lipinski definition) is 0. The number of thiazole rings is 1. The maximum absolute atomic E-state index is 11.9. The number of rotatable bonds is 4. The molecule has 19 heavy (non-hydrogen) atoms. The lowest BCUT2D eigenvalue weighted by Gasteiger charge is -2.06. The molecule has 2 heterocycles. The Hall–Kier alpha value is -1.43. The van der Waals surface area contributed by atoms with Gasteiger partial charge in [-0.25, -0.2) is 14.6 Å². The molecular formula is C13H17NO4S. The number of carbonyl (C=O) groups excluding carboxylic acids is 2. The smallest absolute Gasteiger partial charge is 0.358 e. The van der Waals surface area contributed by atoms with Crippen LogP contribution in [0.3, 0.4) is 0 Å². The Morgan fingerprint density at radius 1 is 1.63 bits per heavy atom. The van der Waals surface area contributed by atoms with Crippen LogP contribution in [0.1, 0.15) is 42.7 Å². The van der Waals surface area contributed by atoms with E-state index < -0.39 is 18.0 Å². The van der Waals surface area contributed by atoms with E-state index in [2.05, 4.69) is 18.8 Å². The van der Waals surface area contributed by atoms with Crippen molar-refractivity contribution in [2.24, 2.45) is 5.92 Å². The summed E-state index contributed by atoms with van der Waals surface area (Å²) in [5, 5.41) is 2.58. The molecule has 1 saturated heterocycles. The van der Waals surface area contributed by atoms with E-state index >= 15 is 0 Å². The maximum Gasteiger partial charge on any atom is 0.358 e. The lowest BCUT2D eigenvalue weighted by molar-refractivity contribution is -0.147. The number of ether oxygens (including phenoxy) is 2. The van der Waals surface area contributed by atoms with E-state index in [0.717, 1.165) is 11.4 Å². The minimum absolute atomic E-state index is 0.197. The van der Waals surface area contributed by atoms with Gasteiger partial charge in [-0.15, -0.1) is 11.3 Å². The van der Waals surface area contributed by atoms with Crippen molar-refractivity contribution in [2.75, 3.05) is 0 Å². The molecule has 1 aliphatic rings. The standard InChI is InChI=1S/C13H17NO4S/c1-7(2)4-11-14-9(6-19-11)12(15)18-10-5-8(3)17-13(10)16/h6-8,10H,4-5H2,1-3H3. The van der Waals surface area contributed by atoms with E-state index in [4.69, 9.17) is 9.47 Å². The van der Waals surface area contributed by atoms with Crippen LogP contribution in [0.25, 0.3) is 0 Å². The fourth-order valence-electron chi connectivity index (χ4n) is 1.85. The summed E-state index contributed by atoms with van der Waals surface area (Å²) >= 11 is 1.44. The summed E-state index contributed by atoms with van der Waals surface area (Å²) in [6.07, 6.45) is 0.253. The third kappa shape index (κ3) is 3.53. The lowest BCUT2D eigenvalue weighted by atomic mass is 10.1. The van der Waals surface area contributed by atoms with Crippen LogP contribution in [-0.2, 0) is 20.7 Å². The largest absolute Gasteiger partial charge is 0.460 e. The molecule has 0 bridgehead atoms. The second-order valence-corrected chi connectivity index (χ2v) is 6.04. The van der Waals surface area contributed by atoms with Gasteiger partial charge in [0.1, 0.15) is 6.10 Å². The molecule has 1 aromatic heterocycles. The van der Waals surface area contributed by atoms with Crippen molar-refractivity contribution >= 4 is 23.3 Å². The summed E-state index contributed by atoms with van der Waals surface area (Å²) in [6.45, 7) is 5.96. The molecule has 0 radical (unpaired) electrons. The summed E-state index contributed by atoms with van der Waals surface area (Å²) in [6, 6.07) is 0. The third-order valence-electron chi connectivity index (χ3n) is 2.72. The topological polar surface area (TPSA) is 65.5 Å². The zero-order chi connectivity index (χ0) is 14.0. The molecule has 0 N–H and O–H groups in total. The predicted octanol–water partition coefficient (Wildman–Crippen LogP) is 2.20. The number of carbonyl (C=O) groups is 2. The molecule has 6 heteroatoms. The van der Waals surface area contributed by atoms with Gasteiger partial charge >= 0.3 is 11.9 Å². The first-order chi connectivity index (χ1) is 8.95. The van der Waals surface area contributed by atoms with Gasteiger partial charge in [0.15, 0.2) is 5.69 Å². The van der Waals surface area contributed by atoms with Crippen LogP contribution in [0.5, 0.6) is 0 Å². The molecule has 0 saturated carbocycles. The highest BCUT2D eigenvalue weighted by Crippen LogP contribution is 2.20. The average Bonchev–Trinajstić information content (AvgIpc) is 2.86. The van der Waals surface area contributed by atoms with Crippen molar-refractivity contribution in [3.05, 3.63) is 16.1 Å². The van der Waals surface area contributed by atoms with Crippen LogP contribution in [0, 0.1) is 5.92 Å². The average molecular weight is 283 g/mol. The lowest BCUT2D eigenvalue weighted by Crippen LogP contribution is -2.22. The Kier molecular flexibility index (Phi) is 4.19. The van der Waals surface area contributed by atoms with Gasteiger partial charge in [0.25, 0.3) is 0 Å². The first-order valence-corrected chi connectivity index (χ1v) is 7.19. The normalized spacial score (nSPS) is 22.6. The molecular weight excluding hydrogens is 266 g/mol. The fourth-order valence-corrected chi connectivity index (χ4v) is 2.83. The van der Waals surface area contributed by atoms with Crippen molar-refractivity contribution in [1.82, 2.24) is 4.98 Å². The summed E-state index contributed by atoms with van der Waals surface area (Å²) in [5.41, 5.74) is 0.271. The molecule has 1 fully saturated rings. The molecule has 2 atom stereocenters. The van der Waals surface area contributed by atoms with Crippen molar-refractivity contribution in [1.29, 1.82) is 0 Å². The number of cyclic esters (lactones) is 1. The maximum atomic E-state index is 11.9. The van der Waals surface area contributed by atoms with E-state index in [9.17, 15) is 9.59 Å². The van der Waals surface area contributed by atoms with Gasteiger partial charge in [-0.3, -0.25) is 0 Å². The van der Waals surface area contributed by atoms with Crippen LogP contribution < -0.4 is 0 Å². The summed E-state index contributed by atoms with van der Waals surface area (Å²) in [7, 11) is 0. The van der Waals surface area contributed by atoms with E-state index in [0.29, 0.717) is 12.3 Å². The summed E-state index contributed by atoms with van der Waals surface area (Å²) in [5.74, 6) is -0.540. The van der Waals surface area contributed by atoms with Crippen LogP contribution in [0.4, 0.5) is 0 Å². The monoisotopic (exact) mass is 283 g/mol. The van der Waals surface area contributed by atoms with Crippen molar-refractivity contribution in [3.8, 4) is 0 Å². The van der Waals surface area contributed by atoms with E-state index in [1.54, 1.807) is 12.3 Å². The second-order valence-electron chi connectivity index (χ2n) is 5.10. The van der Waals surface area contributed by atoms with Crippen molar-refractivity contribution in [3.63, 3.8) is 0 Å². The summed E-state index contributed by atoms with van der Waals surface area (Å²) < 4.78 is 10.1. The van der Waals surface area contributed by atoms with Gasteiger partial charge in [-0.2, -0.15) is 0 Å². The van der Waals surface area contributed by atoms with Crippen LogP contribution in [0.15, 0.2) is 5.38 Å². The van der Waals surface area contributed by atoms with E-state index in [1.807, 2.05) is 0 Å². The first-order valence-electron chi connectivity index (χ1n) is 6.31. The minimum atomic E-state index is -0.794. The molecule has 0 spiro atoms. The Labute approximate surface area is 115 Å². The highest BCUT2D eigenvalue weighted by molar-refractivity contribution is 7.09. The molecule has 1 aromatic rings. The number of hydrogen-bond acceptors (Lipinski definition) is 6. The summed E-state index contributed by atoms with van der Waals surface area (Å²) in [4.78, 5) is 27.5. The zero-order valence-electron chi connectivity index (χ0n) is 11.2. The van der Waals surface area contributed by atoms with E-state index in [1.165, 1.54) is 11.3 Å². The first kappa shape index (κ1) is 14.0. The van der Waals surface area contributed by atoms with Crippen molar-refractivity contribution < 1.29 is 19.1 Å². The molecule has 0 aliphatic carbocycles. The van der Waals surface area contributed by atoms with Crippen LogP contribution in [-0.4, -0.2) is 29.1 Å². The van der Waals surface area contributed by atoms with E-state index in [-0.39, 0.29) is 11.8 Å². The number of aromatic nitrogens is 1. The van der Waals surface area contributed by atoms with Gasteiger partial charge in [0.2, 0.25) is 6.10 Å². The SMILES string of the molecule is CC(C)Cc1nc(C(=O)OC2CC(C)OC2=O)cs1. The Morgan fingerprint density at radius 2 is 2.37 bits per heavy atom.